The summed E-state index contributed by atoms with van der Waals surface area (Å²) >= 11 is 0. The maximum atomic E-state index is 12.7. The van der Waals surface area contributed by atoms with E-state index in [0.29, 0.717) is 11.5 Å². The number of hydrogen-bond donors (Lipinski definition) is 0. The summed E-state index contributed by atoms with van der Waals surface area (Å²) in [5, 5.41) is 2.17. The molecular formula is C24H31NO3SSi. The fourth-order valence-electron chi connectivity index (χ4n) is 3.54. The molecule has 1 heterocycles. The zero-order valence-corrected chi connectivity index (χ0v) is 20.5. The second-order valence-corrected chi connectivity index (χ2v) is 15.6. The van der Waals surface area contributed by atoms with Gasteiger partial charge in [0.25, 0.3) is 0 Å². The van der Waals surface area contributed by atoms with Crippen molar-refractivity contribution in [3.8, 4) is 0 Å². The van der Waals surface area contributed by atoms with E-state index < -0.39 is 24.1 Å². The molecule has 6 heteroatoms. The molecule has 1 atom stereocenters. The minimum atomic E-state index is -2.78. The second kappa shape index (κ2) is 8.51. The number of ether oxygens (including phenoxy) is 1. The molecule has 0 aromatic heterocycles. The molecule has 1 aliphatic rings. The molecule has 0 amide bonds. The van der Waals surface area contributed by atoms with Gasteiger partial charge in [-0.3, -0.25) is 0 Å². The highest BCUT2D eigenvalue weighted by Gasteiger charge is 2.53. The summed E-state index contributed by atoms with van der Waals surface area (Å²) in [7, 11) is -4.16. The molecular weight excluding hydrogens is 410 g/mol. The van der Waals surface area contributed by atoms with Crippen molar-refractivity contribution in [2.75, 3.05) is 6.61 Å². The number of nitrogens with zero attached hydrogens (tertiary/aromatic N) is 1. The minimum Gasteiger partial charge on any atom is -0.531 e. The van der Waals surface area contributed by atoms with Gasteiger partial charge in [-0.25, -0.2) is 4.21 Å². The molecule has 0 bridgehead atoms. The SMILES string of the molecule is CC(C)(C)S(=O)/N=C1\COC=C1O[Si](c1ccccc1)(c1ccccc1)C(C)(C)C. The highest BCUT2D eigenvalue weighted by molar-refractivity contribution is 7.85. The standard InChI is InChI=1S/C24H31NO3SSi/c1-23(2,3)29(26)25-21-17-27-18-22(21)28-30(24(4,5)6,19-13-9-7-10-14-19)20-15-11-8-12-16-20/h7-16,18H,17H2,1-6H3/b25-21+. The average molecular weight is 442 g/mol. The van der Waals surface area contributed by atoms with Gasteiger partial charge in [-0.2, -0.15) is 4.40 Å². The third-order valence-corrected chi connectivity index (χ3v) is 11.5. The molecule has 0 radical (unpaired) electrons. The first-order chi connectivity index (χ1) is 14.1. The Bertz CT molecular complexity index is 918. The summed E-state index contributed by atoms with van der Waals surface area (Å²) in [4.78, 5) is 0. The number of rotatable bonds is 5. The number of benzene rings is 2. The Kier molecular flexibility index (Phi) is 6.39. The van der Waals surface area contributed by atoms with Crippen LogP contribution in [0.25, 0.3) is 0 Å². The lowest BCUT2D eigenvalue weighted by Gasteiger charge is -2.43. The zero-order valence-electron chi connectivity index (χ0n) is 18.6. The molecule has 1 unspecified atom stereocenters. The van der Waals surface area contributed by atoms with Gasteiger partial charge in [0, 0.05) is 0 Å². The van der Waals surface area contributed by atoms with Crippen molar-refractivity contribution >= 4 is 35.4 Å². The van der Waals surface area contributed by atoms with E-state index >= 15 is 0 Å². The molecule has 2 aromatic rings. The molecule has 160 valence electrons. The lowest BCUT2D eigenvalue weighted by molar-refractivity contribution is 0.307. The fourth-order valence-corrected chi connectivity index (χ4v) is 8.58. The van der Waals surface area contributed by atoms with Gasteiger partial charge in [0.05, 0.1) is 4.75 Å². The predicted molar refractivity (Wildman–Crippen MR) is 128 cm³/mol. The summed E-state index contributed by atoms with van der Waals surface area (Å²) < 4.78 is 29.2. The van der Waals surface area contributed by atoms with Crippen LogP contribution in [0.5, 0.6) is 0 Å². The van der Waals surface area contributed by atoms with Crippen LogP contribution >= 0.6 is 0 Å². The largest absolute Gasteiger partial charge is 0.531 e. The van der Waals surface area contributed by atoms with Crippen LogP contribution in [0.3, 0.4) is 0 Å². The minimum absolute atomic E-state index is 0.173. The third kappa shape index (κ3) is 4.44. The van der Waals surface area contributed by atoms with E-state index in [1.807, 2.05) is 32.9 Å². The van der Waals surface area contributed by atoms with Gasteiger partial charge >= 0.3 is 8.32 Å². The van der Waals surface area contributed by atoms with Crippen molar-refractivity contribution in [2.24, 2.45) is 4.40 Å². The fraction of sp³-hybridized carbons (Fsp3) is 0.375. The molecule has 0 fully saturated rings. The molecule has 3 rings (SSSR count). The maximum Gasteiger partial charge on any atom is 0.320 e. The predicted octanol–water partition coefficient (Wildman–Crippen LogP) is 4.34. The van der Waals surface area contributed by atoms with E-state index in [4.69, 9.17) is 9.16 Å². The van der Waals surface area contributed by atoms with Crippen molar-refractivity contribution in [1.29, 1.82) is 0 Å². The van der Waals surface area contributed by atoms with E-state index in [2.05, 4.69) is 73.7 Å². The highest BCUT2D eigenvalue weighted by Crippen LogP contribution is 2.38. The molecule has 2 aromatic carbocycles. The van der Waals surface area contributed by atoms with Crippen LogP contribution < -0.4 is 10.4 Å². The van der Waals surface area contributed by atoms with Crippen LogP contribution in [-0.2, 0) is 20.1 Å². The van der Waals surface area contributed by atoms with Gasteiger partial charge in [0.1, 0.15) is 29.6 Å². The lowest BCUT2D eigenvalue weighted by atomic mass is 10.2. The monoisotopic (exact) mass is 441 g/mol. The van der Waals surface area contributed by atoms with E-state index in [1.165, 1.54) is 10.4 Å². The van der Waals surface area contributed by atoms with Crippen molar-refractivity contribution < 1.29 is 13.4 Å². The van der Waals surface area contributed by atoms with Gasteiger partial charge < -0.3 is 9.16 Å². The van der Waals surface area contributed by atoms with Crippen LogP contribution in [0.1, 0.15) is 41.5 Å². The Balaban J connectivity index is 2.15. The molecule has 0 aliphatic carbocycles. The van der Waals surface area contributed by atoms with Gasteiger partial charge in [0.15, 0.2) is 5.76 Å². The normalized spacial score (nSPS) is 17.4. The van der Waals surface area contributed by atoms with Crippen molar-refractivity contribution in [1.82, 2.24) is 0 Å². The number of hydrogen-bond acceptors (Lipinski definition) is 3. The average Bonchev–Trinajstić information content (AvgIpc) is 3.12. The summed E-state index contributed by atoms with van der Waals surface area (Å²) in [5.74, 6) is 0.585. The third-order valence-electron chi connectivity index (χ3n) is 5.09. The smallest absolute Gasteiger partial charge is 0.320 e. The Labute approximate surface area is 183 Å². The molecule has 0 saturated carbocycles. The summed E-state index contributed by atoms with van der Waals surface area (Å²) in [6, 6.07) is 20.8. The molecule has 0 spiro atoms. The van der Waals surface area contributed by atoms with Gasteiger partial charge in [-0.05, 0) is 36.2 Å². The van der Waals surface area contributed by atoms with Crippen LogP contribution in [0.2, 0.25) is 5.04 Å². The quantitative estimate of drug-likeness (QED) is 0.649. The summed E-state index contributed by atoms with van der Waals surface area (Å²) in [6.45, 7) is 12.7. The Morgan fingerprint density at radius 1 is 0.900 bits per heavy atom. The summed E-state index contributed by atoms with van der Waals surface area (Å²) in [5.41, 5.74) is 0.608. The topological polar surface area (TPSA) is 47.9 Å². The zero-order chi connectivity index (χ0) is 22.0. The first-order valence-electron chi connectivity index (χ1n) is 10.2. The van der Waals surface area contributed by atoms with Gasteiger partial charge in [-0.15, -0.1) is 0 Å². The van der Waals surface area contributed by atoms with Gasteiger partial charge in [-0.1, -0.05) is 81.4 Å². The first kappa shape index (κ1) is 22.5. The van der Waals surface area contributed by atoms with Gasteiger partial charge in [0.2, 0.25) is 0 Å². The van der Waals surface area contributed by atoms with Crippen LogP contribution in [0.15, 0.2) is 77.1 Å². The van der Waals surface area contributed by atoms with Crippen molar-refractivity contribution in [3.05, 3.63) is 72.7 Å². The highest BCUT2D eigenvalue weighted by atomic mass is 32.2. The van der Waals surface area contributed by atoms with Crippen molar-refractivity contribution in [3.63, 3.8) is 0 Å². The van der Waals surface area contributed by atoms with E-state index in [1.54, 1.807) is 6.26 Å². The van der Waals surface area contributed by atoms with Crippen LogP contribution in [-0.4, -0.2) is 29.6 Å². The second-order valence-electron chi connectivity index (χ2n) is 9.46. The van der Waals surface area contributed by atoms with E-state index in [-0.39, 0.29) is 11.6 Å². The summed E-state index contributed by atoms with van der Waals surface area (Å²) in [6.07, 6.45) is 1.62. The van der Waals surface area contributed by atoms with E-state index in [9.17, 15) is 4.21 Å². The molecule has 30 heavy (non-hydrogen) atoms. The first-order valence-corrected chi connectivity index (χ1v) is 13.2. The molecule has 4 nitrogen and oxygen atoms in total. The van der Waals surface area contributed by atoms with Crippen LogP contribution in [0.4, 0.5) is 0 Å². The maximum absolute atomic E-state index is 12.7. The molecule has 0 N–H and O–H groups in total. The van der Waals surface area contributed by atoms with Crippen LogP contribution in [0, 0.1) is 0 Å². The Hall–Kier alpha value is -2.18. The van der Waals surface area contributed by atoms with E-state index in [0.717, 1.165) is 0 Å². The molecule has 1 aliphatic heterocycles. The lowest BCUT2D eigenvalue weighted by Crippen LogP contribution is -2.66. The Morgan fingerprint density at radius 2 is 1.40 bits per heavy atom. The Morgan fingerprint density at radius 3 is 1.83 bits per heavy atom. The molecule has 0 saturated heterocycles. The van der Waals surface area contributed by atoms with Crippen molar-refractivity contribution in [2.45, 2.75) is 51.3 Å².